The van der Waals surface area contributed by atoms with E-state index in [1.165, 1.54) is 0 Å². The zero-order chi connectivity index (χ0) is 21.8. The number of nitrogens with zero attached hydrogens (tertiary/aromatic N) is 2. The highest BCUT2D eigenvalue weighted by Crippen LogP contribution is 2.49. The van der Waals surface area contributed by atoms with Crippen molar-refractivity contribution >= 4 is 17.8 Å². The number of benzene rings is 1. The van der Waals surface area contributed by atoms with Gasteiger partial charge in [-0.25, -0.2) is 4.79 Å². The molecule has 0 radical (unpaired) electrons. The number of carbonyl (C=O) groups is 3. The second kappa shape index (κ2) is 8.81. The topological polar surface area (TPSA) is 90.0 Å². The van der Waals surface area contributed by atoms with Gasteiger partial charge < -0.3 is 20.2 Å². The highest BCUT2D eigenvalue weighted by atomic mass is 19.4. The van der Waals surface area contributed by atoms with E-state index in [0.717, 1.165) is 18.4 Å². The Hall–Kier alpha value is -2.62. The van der Waals surface area contributed by atoms with Crippen LogP contribution >= 0.6 is 0 Å². The Morgan fingerprint density at radius 1 is 1.21 bits per heavy atom. The highest BCUT2D eigenvalue weighted by molar-refractivity contribution is 5.91. The van der Waals surface area contributed by atoms with Crippen LogP contribution < -0.4 is 5.32 Å². The van der Waals surface area contributed by atoms with E-state index in [0.29, 0.717) is 19.6 Å². The summed E-state index contributed by atoms with van der Waals surface area (Å²) in [6, 6.07) is 10.2. The molecule has 0 aromatic heterocycles. The first-order valence-electron chi connectivity index (χ1n) is 9.06. The summed E-state index contributed by atoms with van der Waals surface area (Å²) in [7, 11) is 3.79. The van der Waals surface area contributed by atoms with Gasteiger partial charge in [0.15, 0.2) is 0 Å². The van der Waals surface area contributed by atoms with Crippen molar-refractivity contribution in [1.82, 2.24) is 15.1 Å². The van der Waals surface area contributed by atoms with E-state index in [2.05, 4.69) is 17.4 Å². The first-order valence-corrected chi connectivity index (χ1v) is 9.06. The van der Waals surface area contributed by atoms with Crippen LogP contribution in [0.2, 0.25) is 0 Å². The number of likely N-dealkylation sites (tertiary alicyclic amines) is 1. The van der Waals surface area contributed by atoms with Crippen molar-refractivity contribution in [3.8, 4) is 0 Å². The van der Waals surface area contributed by atoms with Gasteiger partial charge in [0.1, 0.15) is 0 Å². The van der Waals surface area contributed by atoms with Crippen LogP contribution in [0.15, 0.2) is 30.3 Å². The fraction of sp³-hybridized carbons (Fsp3) is 0.526. The Morgan fingerprint density at radius 2 is 1.72 bits per heavy atom. The van der Waals surface area contributed by atoms with Crippen LogP contribution in [-0.2, 0) is 14.4 Å². The van der Waals surface area contributed by atoms with Crippen molar-refractivity contribution in [3.05, 3.63) is 35.9 Å². The molecule has 2 N–H and O–H groups in total. The van der Waals surface area contributed by atoms with E-state index in [9.17, 15) is 22.8 Å². The van der Waals surface area contributed by atoms with Crippen LogP contribution in [0.5, 0.6) is 0 Å². The van der Waals surface area contributed by atoms with E-state index >= 15 is 0 Å². The minimum Gasteiger partial charge on any atom is -0.475 e. The average molecular weight is 415 g/mol. The Balaban J connectivity index is 0.000000370. The number of carboxylic acids is 1. The lowest BCUT2D eigenvalue weighted by atomic mass is 9.64. The third-order valence-electron chi connectivity index (χ3n) is 5.12. The molecular weight excluding hydrogens is 391 g/mol. The fourth-order valence-electron chi connectivity index (χ4n) is 3.56. The van der Waals surface area contributed by atoms with Gasteiger partial charge in [-0.3, -0.25) is 9.59 Å². The van der Waals surface area contributed by atoms with Crippen LogP contribution in [0, 0.1) is 5.41 Å². The molecule has 2 amide bonds. The van der Waals surface area contributed by atoms with Gasteiger partial charge in [-0.2, -0.15) is 13.2 Å². The molecule has 1 aromatic carbocycles. The third kappa shape index (κ3) is 5.26. The van der Waals surface area contributed by atoms with Gasteiger partial charge >= 0.3 is 12.1 Å². The molecule has 3 rings (SSSR count). The molecular formula is C19H24F3N3O4. The zero-order valence-corrected chi connectivity index (χ0v) is 16.2. The predicted molar refractivity (Wildman–Crippen MR) is 97.8 cm³/mol. The molecule has 1 unspecified atom stereocenters. The van der Waals surface area contributed by atoms with Crippen LogP contribution in [-0.4, -0.2) is 72.6 Å². The predicted octanol–water partition coefficient (Wildman–Crippen LogP) is 1.66. The second-order valence-corrected chi connectivity index (χ2v) is 7.39. The molecule has 2 aliphatic rings. The molecule has 1 spiro atoms. The summed E-state index contributed by atoms with van der Waals surface area (Å²) in [6.45, 7) is 1.77. The largest absolute Gasteiger partial charge is 0.490 e. The Bertz CT molecular complexity index is 745. The van der Waals surface area contributed by atoms with Gasteiger partial charge in [-0.05, 0) is 32.5 Å². The first-order chi connectivity index (χ1) is 13.5. The highest BCUT2D eigenvalue weighted by Gasteiger charge is 2.56. The number of nitrogens with one attached hydrogen (secondary N) is 1. The number of alkyl halides is 3. The molecule has 2 fully saturated rings. The lowest BCUT2D eigenvalue weighted by Crippen LogP contribution is -2.65. The second-order valence-electron chi connectivity index (χ2n) is 7.39. The molecule has 29 heavy (non-hydrogen) atoms. The molecule has 0 saturated carbocycles. The molecule has 10 heteroatoms. The van der Waals surface area contributed by atoms with Crippen LogP contribution in [0.1, 0.15) is 24.4 Å². The van der Waals surface area contributed by atoms with E-state index in [1.54, 1.807) is 0 Å². The normalized spacial score (nSPS) is 20.4. The summed E-state index contributed by atoms with van der Waals surface area (Å²) in [6.07, 6.45) is -3.59. The van der Waals surface area contributed by atoms with Crippen molar-refractivity contribution in [2.75, 3.05) is 33.7 Å². The van der Waals surface area contributed by atoms with E-state index in [1.807, 2.05) is 42.1 Å². The number of piperidine rings is 1. The zero-order valence-electron chi connectivity index (χ0n) is 16.2. The maximum absolute atomic E-state index is 12.2. The maximum Gasteiger partial charge on any atom is 0.490 e. The molecule has 1 atom stereocenters. The number of hydrogen-bond acceptors (Lipinski definition) is 4. The summed E-state index contributed by atoms with van der Waals surface area (Å²) in [4.78, 5) is 37.0. The van der Waals surface area contributed by atoms with Crippen molar-refractivity contribution in [1.29, 1.82) is 0 Å². The van der Waals surface area contributed by atoms with Gasteiger partial charge in [-0.15, -0.1) is 0 Å². The third-order valence-corrected chi connectivity index (χ3v) is 5.12. The molecule has 2 saturated heterocycles. The minimum absolute atomic E-state index is 0.0901. The number of carbonyl (C=O) groups excluding carboxylic acids is 2. The number of amides is 2. The number of hydrogen-bond donors (Lipinski definition) is 2. The minimum atomic E-state index is -5.08. The Morgan fingerprint density at radius 3 is 2.14 bits per heavy atom. The van der Waals surface area contributed by atoms with Gasteiger partial charge in [0, 0.05) is 13.1 Å². The van der Waals surface area contributed by atoms with E-state index < -0.39 is 12.1 Å². The molecule has 2 heterocycles. The SMILES string of the molecule is CN(C)CC(=O)N1CCC2(CC1)C(=O)NC2c1ccccc1.O=C(O)C(F)(F)F. The van der Waals surface area contributed by atoms with Crippen molar-refractivity contribution in [3.63, 3.8) is 0 Å². The lowest BCUT2D eigenvalue weighted by molar-refractivity contribution is -0.192. The fourth-order valence-corrected chi connectivity index (χ4v) is 3.56. The number of likely N-dealkylation sites (N-methyl/N-ethyl adjacent to an activating group) is 1. The van der Waals surface area contributed by atoms with Gasteiger partial charge in [0.25, 0.3) is 0 Å². The summed E-state index contributed by atoms with van der Waals surface area (Å²) < 4.78 is 31.7. The molecule has 0 bridgehead atoms. The first kappa shape index (κ1) is 22.7. The van der Waals surface area contributed by atoms with Gasteiger partial charge in [-0.1, -0.05) is 30.3 Å². The van der Waals surface area contributed by atoms with E-state index in [-0.39, 0.29) is 23.3 Å². The van der Waals surface area contributed by atoms with Crippen molar-refractivity contribution in [2.45, 2.75) is 25.1 Å². The standard InChI is InChI=1S/C17H23N3O2.C2HF3O2/c1-19(2)12-14(21)20-10-8-17(9-11-20)15(18-16(17)22)13-6-4-3-5-7-13;3-2(4,5)1(6)7/h3-7,15H,8-12H2,1-2H3,(H,18,22);(H,6,7). The summed E-state index contributed by atoms with van der Waals surface area (Å²) in [5.41, 5.74) is 0.839. The number of carboxylic acid groups (broad SMARTS) is 1. The van der Waals surface area contributed by atoms with Crippen molar-refractivity contribution in [2.24, 2.45) is 5.41 Å². The summed E-state index contributed by atoms with van der Waals surface area (Å²) in [5, 5.41) is 10.2. The molecule has 1 aromatic rings. The molecule has 0 aliphatic carbocycles. The quantitative estimate of drug-likeness (QED) is 0.733. The van der Waals surface area contributed by atoms with Crippen molar-refractivity contribution < 1.29 is 32.7 Å². The van der Waals surface area contributed by atoms with Gasteiger partial charge in [0.05, 0.1) is 18.0 Å². The number of β-lactam (4-membered cyclic amide) rings is 1. The summed E-state index contributed by atoms with van der Waals surface area (Å²) in [5.74, 6) is -2.47. The van der Waals surface area contributed by atoms with Crippen LogP contribution in [0.4, 0.5) is 13.2 Å². The lowest BCUT2D eigenvalue weighted by Gasteiger charge is -2.52. The molecule has 160 valence electrons. The smallest absolute Gasteiger partial charge is 0.475 e. The summed E-state index contributed by atoms with van der Waals surface area (Å²) >= 11 is 0. The Labute approximate surface area is 166 Å². The van der Waals surface area contributed by atoms with E-state index in [4.69, 9.17) is 9.90 Å². The molecule has 2 aliphatic heterocycles. The van der Waals surface area contributed by atoms with Crippen LogP contribution in [0.3, 0.4) is 0 Å². The molecule has 7 nitrogen and oxygen atoms in total. The average Bonchev–Trinajstić information content (AvgIpc) is 2.66. The Kier molecular flexibility index (Phi) is 6.89. The number of halogens is 3. The number of aliphatic carboxylic acids is 1. The monoisotopic (exact) mass is 415 g/mol. The van der Waals surface area contributed by atoms with Gasteiger partial charge in [0.2, 0.25) is 11.8 Å². The van der Waals surface area contributed by atoms with Crippen LogP contribution in [0.25, 0.3) is 0 Å². The maximum atomic E-state index is 12.2. The number of rotatable bonds is 3.